The average Bonchev–Trinajstić information content (AvgIpc) is 2.75. The van der Waals surface area contributed by atoms with Crippen molar-refractivity contribution in [2.45, 2.75) is 32.6 Å². The van der Waals surface area contributed by atoms with E-state index in [0.717, 1.165) is 29.2 Å². The van der Waals surface area contributed by atoms with E-state index in [1.807, 2.05) is 6.07 Å². The third-order valence-corrected chi connectivity index (χ3v) is 5.07. The van der Waals surface area contributed by atoms with Crippen LogP contribution in [0.4, 0.5) is 11.4 Å². The lowest BCUT2D eigenvalue weighted by atomic mass is 9.92. The minimum Gasteiger partial charge on any atom is -0.371 e. The van der Waals surface area contributed by atoms with E-state index >= 15 is 0 Å². The zero-order valence-corrected chi connectivity index (χ0v) is 13.7. The van der Waals surface area contributed by atoms with Crippen LogP contribution in [0.2, 0.25) is 0 Å². The molecule has 1 aromatic carbocycles. The normalized spacial score (nSPS) is 18.9. The lowest BCUT2D eigenvalue weighted by molar-refractivity contribution is -0.112. The van der Waals surface area contributed by atoms with Gasteiger partial charge in [0, 0.05) is 17.6 Å². The van der Waals surface area contributed by atoms with E-state index in [1.54, 1.807) is 6.07 Å². The van der Waals surface area contributed by atoms with Crippen LogP contribution in [-0.2, 0) is 4.79 Å². The molecule has 4 nitrogen and oxygen atoms in total. The highest BCUT2D eigenvalue weighted by Gasteiger charge is 2.30. The third-order valence-electron chi connectivity index (χ3n) is 4.44. The van der Waals surface area contributed by atoms with Gasteiger partial charge in [-0.3, -0.25) is 9.59 Å². The zero-order chi connectivity index (χ0) is 15.0. The van der Waals surface area contributed by atoms with Gasteiger partial charge in [0.1, 0.15) is 0 Å². The number of Topliss-reactive ketones (excluding diaryl/α,β-unsaturated/α-hetero) is 1. The Labute approximate surface area is 133 Å². The van der Waals surface area contributed by atoms with Crippen LogP contribution in [0.1, 0.15) is 43.0 Å². The molecule has 2 aliphatic rings. The number of ketones is 1. The summed E-state index contributed by atoms with van der Waals surface area (Å²) in [6.45, 7) is 4.30. The van der Waals surface area contributed by atoms with Crippen LogP contribution in [0.5, 0.6) is 0 Å². The highest BCUT2D eigenvalue weighted by molar-refractivity contribution is 9.10. The third kappa shape index (κ3) is 2.71. The van der Waals surface area contributed by atoms with E-state index in [9.17, 15) is 9.59 Å². The molecule has 1 N–H and O–H groups in total. The average molecular weight is 351 g/mol. The summed E-state index contributed by atoms with van der Waals surface area (Å²) in [5.74, 6) is -0.143. The van der Waals surface area contributed by atoms with Gasteiger partial charge in [0.05, 0.1) is 16.9 Å². The van der Waals surface area contributed by atoms with Crippen LogP contribution < -0.4 is 10.2 Å². The fourth-order valence-corrected chi connectivity index (χ4v) is 3.86. The molecule has 1 fully saturated rings. The molecular weight excluding hydrogens is 332 g/mol. The summed E-state index contributed by atoms with van der Waals surface area (Å²) >= 11 is 3.55. The first kappa shape index (κ1) is 14.6. The van der Waals surface area contributed by atoms with Gasteiger partial charge >= 0.3 is 0 Å². The summed E-state index contributed by atoms with van der Waals surface area (Å²) in [7, 11) is 0. The van der Waals surface area contributed by atoms with E-state index in [4.69, 9.17) is 0 Å². The minimum atomic E-state index is -0.532. The first-order valence-electron chi connectivity index (χ1n) is 7.54. The molecule has 112 valence electrons. The molecule has 0 unspecified atom stereocenters. The monoisotopic (exact) mass is 350 g/mol. The van der Waals surface area contributed by atoms with E-state index in [0.29, 0.717) is 11.3 Å². The zero-order valence-electron chi connectivity index (χ0n) is 12.1. The Morgan fingerprint density at radius 3 is 2.67 bits per heavy atom. The number of hydrogen-bond donors (Lipinski definition) is 1. The lowest BCUT2D eigenvalue weighted by Gasteiger charge is -2.34. The number of nitrogens with zero attached hydrogens (tertiary/aromatic N) is 1. The van der Waals surface area contributed by atoms with E-state index in [2.05, 4.69) is 33.1 Å². The van der Waals surface area contributed by atoms with E-state index in [1.165, 1.54) is 25.7 Å². The molecule has 0 aromatic heterocycles. The van der Waals surface area contributed by atoms with Gasteiger partial charge in [-0.25, -0.2) is 0 Å². The van der Waals surface area contributed by atoms with Crippen LogP contribution in [-0.4, -0.2) is 24.8 Å². The molecule has 1 saturated heterocycles. The molecule has 2 heterocycles. The molecule has 5 heteroatoms. The minimum absolute atomic E-state index is 0.445. The predicted molar refractivity (Wildman–Crippen MR) is 86.9 cm³/mol. The van der Waals surface area contributed by atoms with Gasteiger partial charge in [0.25, 0.3) is 11.7 Å². The van der Waals surface area contributed by atoms with Gasteiger partial charge in [0.15, 0.2) is 0 Å². The van der Waals surface area contributed by atoms with Gasteiger partial charge < -0.3 is 10.2 Å². The molecule has 0 radical (unpaired) electrons. The Kier molecular flexibility index (Phi) is 4.02. The van der Waals surface area contributed by atoms with Gasteiger partial charge in [-0.2, -0.15) is 0 Å². The maximum atomic E-state index is 11.7. The first-order valence-corrected chi connectivity index (χ1v) is 8.33. The Morgan fingerprint density at radius 2 is 2.00 bits per heavy atom. The maximum absolute atomic E-state index is 11.7. The molecule has 1 amide bonds. The van der Waals surface area contributed by atoms with Crippen molar-refractivity contribution in [3.8, 4) is 0 Å². The molecule has 1 aromatic rings. The SMILES string of the molecule is CCCC1CCN(c2cc3c(cc2Br)C(=O)C(=O)N3)CC1. The van der Waals surface area contributed by atoms with Gasteiger partial charge in [-0.05, 0) is 46.8 Å². The quantitative estimate of drug-likeness (QED) is 0.847. The van der Waals surface area contributed by atoms with Crippen LogP contribution in [0.15, 0.2) is 16.6 Å². The molecule has 21 heavy (non-hydrogen) atoms. The fraction of sp³-hybridized carbons (Fsp3) is 0.500. The summed E-state index contributed by atoms with van der Waals surface area (Å²) in [5, 5.41) is 2.65. The number of rotatable bonds is 3. The van der Waals surface area contributed by atoms with Crippen LogP contribution >= 0.6 is 15.9 Å². The van der Waals surface area contributed by atoms with Crippen molar-refractivity contribution >= 4 is 39.0 Å². The fourth-order valence-electron chi connectivity index (χ4n) is 3.27. The molecule has 0 saturated carbocycles. The van der Waals surface area contributed by atoms with E-state index in [-0.39, 0.29) is 0 Å². The number of nitrogens with one attached hydrogen (secondary N) is 1. The van der Waals surface area contributed by atoms with Gasteiger partial charge in [-0.1, -0.05) is 19.8 Å². The van der Waals surface area contributed by atoms with Crippen molar-refractivity contribution in [1.29, 1.82) is 0 Å². The van der Waals surface area contributed by atoms with Gasteiger partial charge in [0.2, 0.25) is 0 Å². The summed E-state index contributed by atoms with van der Waals surface area (Å²) in [5.41, 5.74) is 2.18. The van der Waals surface area contributed by atoms with Gasteiger partial charge in [-0.15, -0.1) is 0 Å². The van der Waals surface area contributed by atoms with Crippen LogP contribution in [0.25, 0.3) is 0 Å². The number of piperidine rings is 1. The van der Waals surface area contributed by atoms with Crippen molar-refractivity contribution in [2.75, 3.05) is 23.3 Å². The molecule has 0 aliphatic carbocycles. The molecular formula is C16H19BrN2O2. The second-order valence-electron chi connectivity index (χ2n) is 5.85. The Morgan fingerprint density at radius 1 is 1.29 bits per heavy atom. The van der Waals surface area contributed by atoms with Crippen molar-refractivity contribution in [1.82, 2.24) is 0 Å². The number of carbonyl (C=O) groups is 2. The summed E-state index contributed by atoms with van der Waals surface area (Å²) < 4.78 is 0.889. The second-order valence-corrected chi connectivity index (χ2v) is 6.71. The maximum Gasteiger partial charge on any atom is 0.296 e. The molecule has 3 rings (SSSR count). The highest BCUT2D eigenvalue weighted by Crippen LogP contribution is 2.37. The number of benzene rings is 1. The van der Waals surface area contributed by atoms with Crippen LogP contribution in [0.3, 0.4) is 0 Å². The van der Waals surface area contributed by atoms with Crippen molar-refractivity contribution in [2.24, 2.45) is 5.92 Å². The van der Waals surface area contributed by atoms with Crippen molar-refractivity contribution in [3.63, 3.8) is 0 Å². The highest BCUT2D eigenvalue weighted by atomic mass is 79.9. The predicted octanol–water partition coefficient (Wildman–Crippen LogP) is 3.60. The Hall–Kier alpha value is -1.36. The molecule has 0 bridgehead atoms. The van der Waals surface area contributed by atoms with Crippen LogP contribution in [0, 0.1) is 5.92 Å². The number of hydrogen-bond acceptors (Lipinski definition) is 3. The standard InChI is InChI=1S/C16H19BrN2O2/c1-2-3-10-4-6-19(7-5-10)14-9-13-11(8-12(14)17)15(20)16(21)18-13/h8-10H,2-7H2,1H3,(H,18,20,21). The van der Waals surface area contributed by atoms with Crippen molar-refractivity contribution < 1.29 is 9.59 Å². The smallest absolute Gasteiger partial charge is 0.296 e. The van der Waals surface area contributed by atoms with Crippen molar-refractivity contribution in [3.05, 3.63) is 22.2 Å². The summed E-state index contributed by atoms with van der Waals surface area (Å²) in [4.78, 5) is 25.5. The number of fused-ring (bicyclic) bond motifs is 1. The molecule has 0 atom stereocenters. The number of carbonyl (C=O) groups excluding carboxylic acids is 2. The first-order chi connectivity index (χ1) is 10.1. The number of anilines is 2. The molecule has 2 aliphatic heterocycles. The summed E-state index contributed by atoms with van der Waals surface area (Å²) in [6.07, 6.45) is 4.98. The van der Waals surface area contributed by atoms with E-state index < -0.39 is 11.7 Å². The largest absolute Gasteiger partial charge is 0.371 e. The number of halogens is 1. The Balaban J connectivity index is 1.80. The summed E-state index contributed by atoms with van der Waals surface area (Å²) in [6, 6.07) is 3.69. The second kappa shape index (κ2) is 5.79. The Bertz CT molecular complexity index is 592. The molecule has 0 spiro atoms. The number of amides is 1. The topological polar surface area (TPSA) is 49.4 Å². The lowest BCUT2D eigenvalue weighted by Crippen LogP contribution is -2.33.